The minimum atomic E-state index is -1.97. The van der Waals surface area contributed by atoms with Gasteiger partial charge in [0.2, 0.25) is 5.91 Å². The third kappa shape index (κ3) is 39.4. The van der Waals surface area contributed by atoms with E-state index in [0.29, 0.717) is 12.8 Å². The van der Waals surface area contributed by atoms with E-state index < -0.39 is 124 Å². The molecular weight excluding hydrogens is 1230 g/mol. The van der Waals surface area contributed by atoms with Gasteiger partial charge in [-0.25, -0.2) is 0 Å². The summed E-state index contributed by atoms with van der Waals surface area (Å²) in [6.07, 6.45) is 41.3. The number of carbonyl (C=O) groups is 1. The van der Waals surface area contributed by atoms with Gasteiger partial charge in [0.25, 0.3) is 0 Å². The maximum Gasteiger partial charge on any atom is 0.220 e. The van der Waals surface area contributed by atoms with Gasteiger partial charge in [0.1, 0.15) is 73.2 Å². The number of hydrogen-bond acceptors (Lipinski definition) is 18. The highest BCUT2D eigenvalue weighted by Gasteiger charge is 2.54. The van der Waals surface area contributed by atoms with Crippen molar-refractivity contribution in [2.75, 3.05) is 26.4 Å². The summed E-state index contributed by atoms with van der Waals surface area (Å²) >= 11 is 0. The van der Waals surface area contributed by atoms with Gasteiger partial charge < -0.3 is 89.9 Å². The number of hydrogen-bond donors (Lipinski definition) is 12. The van der Waals surface area contributed by atoms with Crippen molar-refractivity contribution in [3.8, 4) is 0 Å². The Morgan fingerprint density at radius 3 is 0.906 bits per heavy atom. The van der Waals surface area contributed by atoms with E-state index >= 15 is 0 Å². The lowest BCUT2D eigenvalue weighted by molar-refractivity contribution is -0.379. The Kier molecular flexibility index (Phi) is 54.9. The summed E-state index contributed by atoms with van der Waals surface area (Å²) < 4.78 is 34.4. The average molecular weight is 1380 g/mol. The van der Waals surface area contributed by atoms with E-state index in [1.807, 2.05) is 0 Å². The molecule has 19 nitrogen and oxygen atoms in total. The van der Waals surface area contributed by atoms with Crippen LogP contribution in [0.4, 0.5) is 0 Å². The molecule has 3 rings (SSSR count). The summed E-state index contributed by atoms with van der Waals surface area (Å²) in [7, 11) is 0. The highest BCUT2D eigenvalue weighted by atomic mass is 16.8. The van der Waals surface area contributed by atoms with Gasteiger partial charge in [0, 0.05) is 6.42 Å². The van der Waals surface area contributed by atoms with Gasteiger partial charge in [0.15, 0.2) is 18.9 Å². The second-order valence-electron chi connectivity index (χ2n) is 29.2. The third-order valence-corrected chi connectivity index (χ3v) is 20.7. The molecule has 0 radical (unpaired) electrons. The molecule has 19 heteroatoms. The quantitative estimate of drug-likeness (QED) is 0.0252. The minimum Gasteiger partial charge on any atom is -0.394 e. The fourth-order valence-electron chi connectivity index (χ4n) is 14.2. The fourth-order valence-corrected chi connectivity index (χ4v) is 14.2. The summed E-state index contributed by atoms with van der Waals surface area (Å²) in [5.74, 6) is -0.237. The smallest absolute Gasteiger partial charge is 0.220 e. The lowest BCUT2D eigenvalue weighted by atomic mass is 9.96. The first-order valence-electron chi connectivity index (χ1n) is 40.3. The van der Waals surface area contributed by atoms with E-state index in [0.717, 1.165) is 44.9 Å². The molecule has 17 unspecified atom stereocenters. The molecule has 0 bridgehead atoms. The van der Waals surface area contributed by atoms with Crippen LogP contribution >= 0.6 is 0 Å². The molecule has 570 valence electrons. The molecule has 0 spiro atoms. The van der Waals surface area contributed by atoms with E-state index in [4.69, 9.17) is 28.4 Å². The SMILES string of the molecule is CCCCCCCCCCCCCCCCCCCCCCCCCCCCCCCCCCCCCCCCCCCC(=O)NC(COC1OC(CO)C(OC2OC(CO)C(OC3OC(CO)C(O)C(O)C3O)C(O)C2O)C(O)C1O)C(O)CCCCCCCCCCCC. The molecule has 3 heterocycles. The summed E-state index contributed by atoms with van der Waals surface area (Å²) in [5.41, 5.74) is 0. The van der Waals surface area contributed by atoms with Gasteiger partial charge in [-0.1, -0.05) is 335 Å². The molecular formula is C77H149NO18. The molecule has 3 saturated heterocycles. The Morgan fingerprint density at radius 2 is 0.594 bits per heavy atom. The molecule has 3 fully saturated rings. The number of aliphatic hydroxyl groups is 11. The van der Waals surface area contributed by atoms with Crippen LogP contribution in [0, 0.1) is 0 Å². The van der Waals surface area contributed by atoms with Crippen LogP contribution in [0.2, 0.25) is 0 Å². The maximum absolute atomic E-state index is 13.4. The van der Waals surface area contributed by atoms with Crippen molar-refractivity contribution in [1.29, 1.82) is 0 Å². The molecule has 3 aliphatic heterocycles. The lowest BCUT2D eigenvalue weighted by Gasteiger charge is -2.48. The highest BCUT2D eigenvalue weighted by Crippen LogP contribution is 2.33. The van der Waals surface area contributed by atoms with Crippen LogP contribution in [0.15, 0.2) is 0 Å². The van der Waals surface area contributed by atoms with Crippen molar-refractivity contribution in [3.63, 3.8) is 0 Å². The van der Waals surface area contributed by atoms with Crippen LogP contribution in [0.25, 0.3) is 0 Å². The van der Waals surface area contributed by atoms with Crippen molar-refractivity contribution >= 4 is 5.91 Å². The Morgan fingerprint density at radius 1 is 0.333 bits per heavy atom. The zero-order chi connectivity index (χ0) is 69.6. The second-order valence-corrected chi connectivity index (χ2v) is 29.2. The van der Waals surface area contributed by atoms with E-state index in [2.05, 4.69) is 19.2 Å². The number of carbonyl (C=O) groups excluding carboxylic acids is 1. The Hall–Kier alpha value is -1.21. The van der Waals surface area contributed by atoms with E-state index in [9.17, 15) is 61.0 Å². The molecule has 0 aliphatic carbocycles. The largest absolute Gasteiger partial charge is 0.394 e. The minimum absolute atomic E-state index is 0.237. The van der Waals surface area contributed by atoms with Crippen LogP contribution in [0.1, 0.15) is 354 Å². The van der Waals surface area contributed by atoms with Gasteiger partial charge >= 0.3 is 0 Å². The number of rotatable bonds is 65. The number of nitrogens with one attached hydrogen (secondary N) is 1. The standard InChI is InChI=1S/C77H149NO18/c1-3-5-7-9-11-13-15-16-17-18-19-20-21-22-23-24-25-26-27-28-29-30-31-32-33-34-35-36-37-38-39-40-41-42-43-44-45-47-49-51-53-55-65(83)78-60(61(82)54-52-50-48-46-14-12-10-8-6-4-2)59-91-75-71(89)68(86)73(63(57-80)93-75)96-77-72(90)69(87)74(64(58-81)94-77)95-76-70(88)67(85)66(84)62(56-79)92-76/h60-64,66-77,79-82,84-90H,3-59H2,1-2H3,(H,78,83). The van der Waals surface area contributed by atoms with E-state index in [1.54, 1.807) is 0 Å². The van der Waals surface area contributed by atoms with E-state index in [-0.39, 0.29) is 18.9 Å². The van der Waals surface area contributed by atoms with Crippen LogP contribution < -0.4 is 5.32 Å². The van der Waals surface area contributed by atoms with Crippen LogP contribution in [0.5, 0.6) is 0 Å². The molecule has 0 aromatic carbocycles. The van der Waals surface area contributed by atoms with Gasteiger partial charge in [-0.05, 0) is 12.8 Å². The Balaban J connectivity index is 1.22. The first kappa shape index (κ1) is 89.0. The lowest BCUT2D eigenvalue weighted by Crippen LogP contribution is -2.66. The van der Waals surface area contributed by atoms with Crippen molar-refractivity contribution in [2.24, 2.45) is 0 Å². The zero-order valence-corrected chi connectivity index (χ0v) is 60.9. The van der Waals surface area contributed by atoms with Crippen molar-refractivity contribution in [2.45, 2.75) is 458 Å². The molecule has 0 saturated carbocycles. The summed E-state index contributed by atoms with van der Waals surface area (Å²) in [6.45, 7) is 1.82. The normalized spacial score (nSPS) is 26.9. The number of aliphatic hydroxyl groups excluding tert-OH is 11. The molecule has 12 N–H and O–H groups in total. The predicted molar refractivity (Wildman–Crippen MR) is 379 cm³/mol. The first-order valence-corrected chi connectivity index (χ1v) is 40.3. The van der Waals surface area contributed by atoms with Gasteiger partial charge in [-0.15, -0.1) is 0 Å². The van der Waals surface area contributed by atoms with Gasteiger partial charge in [0.05, 0.1) is 38.6 Å². The van der Waals surface area contributed by atoms with Gasteiger partial charge in [-0.2, -0.15) is 0 Å². The average Bonchev–Trinajstić information content (AvgIpc) is 0.849. The monoisotopic (exact) mass is 1380 g/mol. The Bertz CT molecular complexity index is 1740. The first-order chi connectivity index (χ1) is 46.8. The van der Waals surface area contributed by atoms with Crippen LogP contribution in [0.3, 0.4) is 0 Å². The molecule has 0 aromatic rings. The highest BCUT2D eigenvalue weighted by molar-refractivity contribution is 5.76. The summed E-state index contributed by atoms with van der Waals surface area (Å²) in [5, 5.41) is 121. The van der Waals surface area contributed by atoms with E-state index in [1.165, 1.54) is 276 Å². The van der Waals surface area contributed by atoms with Gasteiger partial charge in [-0.3, -0.25) is 4.79 Å². The molecule has 96 heavy (non-hydrogen) atoms. The maximum atomic E-state index is 13.4. The summed E-state index contributed by atoms with van der Waals surface area (Å²) in [6, 6.07) is -0.881. The predicted octanol–water partition coefficient (Wildman–Crippen LogP) is 13.0. The topological polar surface area (TPSA) is 307 Å². The fraction of sp³-hybridized carbons (Fsp3) is 0.987. The molecule has 17 atom stereocenters. The van der Waals surface area contributed by atoms with Crippen molar-refractivity contribution < 1.29 is 89.4 Å². The van der Waals surface area contributed by atoms with Crippen LogP contribution in [-0.4, -0.2) is 193 Å². The number of ether oxygens (including phenoxy) is 6. The molecule has 1 amide bonds. The summed E-state index contributed by atoms with van der Waals surface area (Å²) in [4.78, 5) is 13.4. The number of amides is 1. The second kappa shape index (κ2) is 59.2. The Labute approximate surface area is 583 Å². The van der Waals surface area contributed by atoms with Crippen LogP contribution in [-0.2, 0) is 33.2 Å². The molecule has 0 aromatic heterocycles. The third-order valence-electron chi connectivity index (χ3n) is 20.7. The zero-order valence-electron chi connectivity index (χ0n) is 60.9. The van der Waals surface area contributed by atoms with Crippen molar-refractivity contribution in [1.82, 2.24) is 5.32 Å². The van der Waals surface area contributed by atoms with Crippen molar-refractivity contribution in [3.05, 3.63) is 0 Å². The molecule has 3 aliphatic rings. The number of unbranched alkanes of at least 4 members (excludes halogenated alkanes) is 49.